The zero-order chi connectivity index (χ0) is 24.6. The highest BCUT2D eigenvalue weighted by atomic mass is 28.3. The number of nitrogens with zero attached hydrogens (tertiary/aromatic N) is 4. The lowest BCUT2D eigenvalue weighted by molar-refractivity contribution is 0.0600. The van der Waals surface area contributed by atoms with E-state index in [4.69, 9.17) is 14.5 Å². The van der Waals surface area contributed by atoms with Gasteiger partial charge in [-0.15, -0.1) is 0 Å². The van der Waals surface area contributed by atoms with Gasteiger partial charge in [-0.2, -0.15) is 0 Å². The molecule has 3 heterocycles. The van der Waals surface area contributed by atoms with E-state index in [1.807, 2.05) is 34.4 Å². The van der Waals surface area contributed by atoms with Crippen LogP contribution in [0.2, 0.25) is 25.7 Å². The van der Waals surface area contributed by atoms with Gasteiger partial charge in [-0.1, -0.05) is 19.6 Å². The molecule has 0 unspecified atom stereocenters. The Balaban J connectivity index is 1.82. The molecule has 0 aliphatic heterocycles. The fourth-order valence-electron chi connectivity index (χ4n) is 3.85. The van der Waals surface area contributed by atoms with Gasteiger partial charge in [0.25, 0.3) is 0 Å². The molecule has 0 bridgehead atoms. The third-order valence-corrected chi connectivity index (χ3v) is 7.56. The van der Waals surface area contributed by atoms with E-state index in [0.29, 0.717) is 41.6 Å². The molecular weight excluding hydrogens is 448 g/mol. The van der Waals surface area contributed by atoms with Gasteiger partial charge in [0.1, 0.15) is 18.1 Å². The number of esters is 1. The van der Waals surface area contributed by atoms with Crippen molar-refractivity contribution in [2.45, 2.75) is 39.3 Å². The van der Waals surface area contributed by atoms with Gasteiger partial charge in [-0.3, -0.25) is 9.36 Å². The highest BCUT2D eigenvalue weighted by molar-refractivity contribution is 6.76. The number of methoxy groups -OCH3 is 1. The molecule has 0 fully saturated rings. The van der Waals surface area contributed by atoms with E-state index in [9.17, 15) is 9.59 Å². The first kappa shape index (κ1) is 23.8. The third-order valence-electron chi connectivity index (χ3n) is 5.85. The van der Waals surface area contributed by atoms with Crippen molar-refractivity contribution in [2.24, 2.45) is 7.05 Å². The molecule has 178 valence electrons. The molecule has 4 aromatic rings. The minimum absolute atomic E-state index is 0.0890. The molecule has 0 aliphatic carbocycles. The predicted molar refractivity (Wildman–Crippen MR) is 135 cm³/mol. The molecule has 1 aromatic carbocycles. The third kappa shape index (κ3) is 4.66. The SMILES string of the molecule is COC(=O)c1ccc2c(c1)nc(-c1cc3ccc(C(C)=O)nc3n1COCC[Si](C)(C)C)n2C. The average molecular weight is 479 g/mol. The van der Waals surface area contributed by atoms with Crippen LogP contribution in [0.25, 0.3) is 33.6 Å². The summed E-state index contributed by atoms with van der Waals surface area (Å²) in [6.45, 7) is 9.42. The zero-order valence-corrected chi connectivity index (χ0v) is 21.5. The van der Waals surface area contributed by atoms with Crippen LogP contribution >= 0.6 is 0 Å². The van der Waals surface area contributed by atoms with Gasteiger partial charge in [0, 0.05) is 34.0 Å². The smallest absolute Gasteiger partial charge is 0.337 e. The molecule has 34 heavy (non-hydrogen) atoms. The first-order chi connectivity index (χ1) is 16.1. The monoisotopic (exact) mass is 478 g/mol. The fraction of sp³-hybridized carbons (Fsp3) is 0.360. The molecule has 0 saturated carbocycles. The minimum Gasteiger partial charge on any atom is -0.465 e. The number of hydrogen-bond donors (Lipinski definition) is 0. The number of hydrogen-bond acceptors (Lipinski definition) is 6. The van der Waals surface area contributed by atoms with Crippen LogP contribution in [0.1, 0.15) is 27.8 Å². The highest BCUT2D eigenvalue weighted by Crippen LogP contribution is 2.30. The summed E-state index contributed by atoms with van der Waals surface area (Å²) in [5, 5.41) is 0.899. The van der Waals surface area contributed by atoms with E-state index in [1.165, 1.54) is 14.0 Å². The van der Waals surface area contributed by atoms with E-state index in [2.05, 4.69) is 24.6 Å². The van der Waals surface area contributed by atoms with Gasteiger partial charge in [0.05, 0.1) is 29.4 Å². The first-order valence-corrected chi connectivity index (χ1v) is 14.9. The Morgan fingerprint density at radius 2 is 1.82 bits per heavy atom. The Bertz CT molecular complexity index is 1400. The normalized spacial score (nSPS) is 11.9. The van der Waals surface area contributed by atoms with Gasteiger partial charge in [-0.05, 0) is 42.4 Å². The summed E-state index contributed by atoms with van der Waals surface area (Å²) in [4.78, 5) is 33.4. The number of fused-ring (bicyclic) bond motifs is 2. The van der Waals surface area contributed by atoms with Crippen molar-refractivity contribution >= 4 is 41.9 Å². The van der Waals surface area contributed by atoms with Crippen LogP contribution in [0.15, 0.2) is 36.4 Å². The average Bonchev–Trinajstić information content (AvgIpc) is 3.31. The molecular formula is C25H30N4O4Si. The van der Waals surface area contributed by atoms with E-state index in [-0.39, 0.29) is 5.78 Å². The summed E-state index contributed by atoms with van der Waals surface area (Å²) in [6.07, 6.45) is 0. The van der Waals surface area contributed by atoms with Crippen molar-refractivity contribution < 1.29 is 19.1 Å². The van der Waals surface area contributed by atoms with Crippen LogP contribution in [-0.2, 0) is 23.3 Å². The van der Waals surface area contributed by atoms with Crippen molar-refractivity contribution in [3.8, 4) is 11.5 Å². The summed E-state index contributed by atoms with van der Waals surface area (Å²) >= 11 is 0. The van der Waals surface area contributed by atoms with Crippen LogP contribution in [0, 0.1) is 0 Å². The lowest BCUT2D eigenvalue weighted by Gasteiger charge is -2.16. The topological polar surface area (TPSA) is 88.2 Å². The van der Waals surface area contributed by atoms with Gasteiger partial charge in [0.15, 0.2) is 11.6 Å². The standard InChI is InChI=1S/C25H30N4O4Si/c1-16(30)19-9-7-17-14-22(29(23(17)26-19)15-33-11-12-34(4,5)6)24-27-20-13-18(25(31)32-3)8-10-21(20)28(24)2/h7-10,13-14H,11-12,15H2,1-6H3. The second kappa shape index (κ2) is 9.15. The summed E-state index contributed by atoms with van der Waals surface area (Å²) < 4.78 is 14.9. The number of imidazole rings is 1. The Hall–Kier alpha value is -3.30. The van der Waals surface area contributed by atoms with Gasteiger partial charge in [-0.25, -0.2) is 14.8 Å². The second-order valence-corrected chi connectivity index (χ2v) is 15.3. The molecule has 0 aliphatic rings. The largest absolute Gasteiger partial charge is 0.465 e. The molecule has 0 saturated heterocycles. The van der Waals surface area contributed by atoms with E-state index in [0.717, 1.165) is 22.6 Å². The molecule has 4 rings (SSSR count). The van der Waals surface area contributed by atoms with Crippen LogP contribution < -0.4 is 0 Å². The fourth-order valence-corrected chi connectivity index (χ4v) is 4.60. The number of carbonyl (C=O) groups is 2. The number of carbonyl (C=O) groups excluding carboxylic acids is 2. The quantitative estimate of drug-likeness (QED) is 0.155. The van der Waals surface area contributed by atoms with Gasteiger partial charge in [0.2, 0.25) is 0 Å². The maximum absolute atomic E-state index is 12.0. The Labute approximate surface area is 199 Å². The molecule has 0 N–H and O–H groups in total. The Morgan fingerprint density at radius 3 is 2.50 bits per heavy atom. The molecule has 0 amide bonds. The van der Waals surface area contributed by atoms with Crippen LogP contribution in [0.5, 0.6) is 0 Å². The summed E-state index contributed by atoms with van der Waals surface area (Å²) in [6, 6.07) is 12.0. The number of aryl methyl sites for hydroxylation is 1. The van der Waals surface area contributed by atoms with Gasteiger partial charge < -0.3 is 14.0 Å². The summed E-state index contributed by atoms with van der Waals surface area (Å²) in [5.74, 6) is 0.224. The number of rotatable bonds is 8. The number of Topliss-reactive ketones (excluding diaryl/α,β-unsaturated/α-hetero) is 1. The molecule has 8 nitrogen and oxygen atoms in total. The van der Waals surface area contributed by atoms with Crippen LogP contribution in [-0.4, -0.2) is 52.6 Å². The molecule has 9 heteroatoms. The number of pyridine rings is 1. The predicted octanol–water partition coefficient (Wildman–Crippen LogP) is 4.89. The van der Waals surface area contributed by atoms with E-state index >= 15 is 0 Å². The maximum atomic E-state index is 12.0. The zero-order valence-electron chi connectivity index (χ0n) is 20.5. The number of ketones is 1. The number of ether oxygens (including phenoxy) is 2. The van der Waals surface area contributed by atoms with E-state index < -0.39 is 14.0 Å². The molecule has 0 spiro atoms. The lowest BCUT2D eigenvalue weighted by Crippen LogP contribution is -2.22. The summed E-state index contributed by atoms with van der Waals surface area (Å²) in [7, 11) is 2.06. The van der Waals surface area contributed by atoms with Crippen LogP contribution in [0.4, 0.5) is 0 Å². The van der Waals surface area contributed by atoms with Crippen LogP contribution in [0.3, 0.4) is 0 Å². The molecule has 3 aromatic heterocycles. The minimum atomic E-state index is -1.23. The first-order valence-electron chi connectivity index (χ1n) is 11.2. The summed E-state index contributed by atoms with van der Waals surface area (Å²) in [5.41, 5.74) is 3.94. The molecule has 0 radical (unpaired) electrons. The Kier molecular flexibility index (Phi) is 6.42. The maximum Gasteiger partial charge on any atom is 0.337 e. The van der Waals surface area contributed by atoms with Crippen molar-refractivity contribution in [1.29, 1.82) is 0 Å². The van der Waals surface area contributed by atoms with Crippen molar-refractivity contribution in [1.82, 2.24) is 19.1 Å². The van der Waals surface area contributed by atoms with Crippen molar-refractivity contribution in [3.05, 3.63) is 47.7 Å². The molecule has 0 atom stereocenters. The lowest BCUT2D eigenvalue weighted by atomic mass is 10.2. The van der Waals surface area contributed by atoms with Crippen molar-refractivity contribution in [3.63, 3.8) is 0 Å². The number of benzene rings is 1. The highest BCUT2D eigenvalue weighted by Gasteiger charge is 2.20. The van der Waals surface area contributed by atoms with Gasteiger partial charge >= 0.3 is 5.97 Å². The Morgan fingerprint density at radius 1 is 1.06 bits per heavy atom. The van der Waals surface area contributed by atoms with Crippen molar-refractivity contribution in [2.75, 3.05) is 13.7 Å². The van der Waals surface area contributed by atoms with E-state index in [1.54, 1.807) is 18.2 Å². The second-order valence-electron chi connectivity index (χ2n) is 9.66. The number of aromatic nitrogens is 4.